The molecule has 0 aliphatic heterocycles. The molecule has 43 heavy (non-hydrogen) atoms. The molecule has 0 saturated carbocycles. The van der Waals surface area contributed by atoms with Gasteiger partial charge >= 0.3 is 0 Å². The van der Waals surface area contributed by atoms with Crippen LogP contribution in [0.25, 0.3) is 0 Å². The molecule has 224 valence electrons. The van der Waals surface area contributed by atoms with Crippen LogP contribution in [0.5, 0.6) is 0 Å². The van der Waals surface area contributed by atoms with E-state index in [2.05, 4.69) is 21.2 Å². The molecule has 0 unspecified atom stereocenters. The molecule has 4 rings (SSSR count). The first kappa shape index (κ1) is 32.5. The summed E-state index contributed by atoms with van der Waals surface area (Å²) in [5.41, 5.74) is 1.55. The summed E-state index contributed by atoms with van der Waals surface area (Å²) in [5.74, 6) is -0.995. The van der Waals surface area contributed by atoms with Gasteiger partial charge in [0.25, 0.3) is 10.0 Å². The lowest BCUT2D eigenvalue weighted by Crippen LogP contribution is -2.53. The van der Waals surface area contributed by atoms with Gasteiger partial charge in [0.2, 0.25) is 11.8 Å². The molecule has 0 fully saturated rings. The number of hydrogen-bond acceptors (Lipinski definition) is 4. The van der Waals surface area contributed by atoms with E-state index >= 15 is 0 Å². The SMILES string of the molecule is CCNC(=O)[C@@H](Cc1ccccc1)N(Cc1c(Cl)cccc1Cl)C(=O)CN(c1cccc(Br)c1)S(=O)(=O)c1ccccc1. The van der Waals surface area contributed by atoms with Gasteiger partial charge in [0, 0.05) is 39.6 Å². The number of benzene rings is 4. The summed E-state index contributed by atoms with van der Waals surface area (Å²) in [5, 5.41) is 3.47. The van der Waals surface area contributed by atoms with Crippen molar-refractivity contribution in [2.45, 2.75) is 30.8 Å². The van der Waals surface area contributed by atoms with Crippen molar-refractivity contribution in [2.75, 3.05) is 17.4 Å². The number of anilines is 1. The Morgan fingerprint density at radius 1 is 0.860 bits per heavy atom. The van der Waals surface area contributed by atoms with E-state index in [1.54, 1.807) is 67.6 Å². The topological polar surface area (TPSA) is 86.8 Å². The van der Waals surface area contributed by atoms with Crippen LogP contribution in [0.3, 0.4) is 0 Å². The number of likely N-dealkylation sites (N-methyl/N-ethyl adjacent to an activating group) is 1. The van der Waals surface area contributed by atoms with Crippen molar-refractivity contribution in [3.63, 3.8) is 0 Å². The third kappa shape index (κ3) is 8.17. The van der Waals surface area contributed by atoms with Crippen LogP contribution in [0.4, 0.5) is 5.69 Å². The summed E-state index contributed by atoms with van der Waals surface area (Å²) in [4.78, 5) is 29.3. The number of amides is 2. The number of carbonyl (C=O) groups excluding carboxylic acids is 2. The highest BCUT2D eigenvalue weighted by molar-refractivity contribution is 9.10. The first-order chi connectivity index (χ1) is 20.6. The number of carbonyl (C=O) groups is 2. The average Bonchev–Trinajstić information content (AvgIpc) is 3.00. The lowest BCUT2D eigenvalue weighted by molar-refractivity contribution is -0.140. The molecule has 0 heterocycles. The Hall–Kier alpha value is -3.37. The molecule has 1 N–H and O–H groups in total. The minimum absolute atomic E-state index is 0.0213. The van der Waals surface area contributed by atoms with E-state index in [9.17, 15) is 18.0 Å². The van der Waals surface area contributed by atoms with Gasteiger partial charge in [0.05, 0.1) is 10.6 Å². The first-order valence-electron chi connectivity index (χ1n) is 13.5. The highest BCUT2D eigenvalue weighted by Crippen LogP contribution is 2.30. The van der Waals surface area contributed by atoms with Gasteiger partial charge in [-0.05, 0) is 55.0 Å². The molecule has 4 aromatic carbocycles. The second-order valence-electron chi connectivity index (χ2n) is 9.63. The maximum absolute atomic E-state index is 14.4. The summed E-state index contributed by atoms with van der Waals surface area (Å²) in [7, 11) is -4.19. The van der Waals surface area contributed by atoms with Crippen LogP contribution in [-0.2, 0) is 32.6 Å². The van der Waals surface area contributed by atoms with Gasteiger partial charge in [0.15, 0.2) is 0 Å². The maximum Gasteiger partial charge on any atom is 0.264 e. The first-order valence-corrected chi connectivity index (χ1v) is 16.5. The van der Waals surface area contributed by atoms with E-state index in [4.69, 9.17) is 23.2 Å². The van der Waals surface area contributed by atoms with Crippen molar-refractivity contribution in [2.24, 2.45) is 0 Å². The molecule has 11 heteroatoms. The summed E-state index contributed by atoms with van der Waals surface area (Å²) in [6.07, 6.45) is 0.183. The standard InChI is InChI=1S/C32H30BrCl2N3O4S/c1-2-36-32(40)30(19-23-11-5-3-6-12-23)37(21-27-28(34)17-10-18-29(27)35)31(39)22-38(25-14-9-13-24(33)20-25)43(41,42)26-15-7-4-8-16-26/h3-18,20,30H,2,19,21-22H2,1H3,(H,36,40)/t30-/m1/s1. The number of hydrogen-bond donors (Lipinski definition) is 1. The van der Waals surface area contributed by atoms with Crippen LogP contribution >= 0.6 is 39.1 Å². The van der Waals surface area contributed by atoms with Gasteiger partial charge in [-0.1, -0.05) is 99.8 Å². The third-order valence-corrected chi connectivity index (χ3v) is 9.71. The predicted octanol–water partition coefficient (Wildman–Crippen LogP) is 6.73. The van der Waals surface area contributed by atoms with Crippen molar-refractivity contribution in [3.05, 3.63) is 129 Å². The molecule has 0 aliphatic carbocycles. The molecule has 0 spiro atoms. The highest BCUT2D eigenvalue weighted by Gasteiger charge is 2.35. The van der Waals surface area contributed by atoms with Gasteiger partial charge in [-0.15, -0.1) is 0 Å². The Bertz CT molecular complexity index is 1650. The zero-order valence-electron chi connectivity index (χ0n) is 23.3. The Labute approximate surface area is 270 Å². The minimum Gasteiger partial charge on any atom is -0.355 e. The molecule has 2 amide bonds. The summed E-state index contributed by atoms with van der Waals surface area (Å²) < 4.78 is 29.7. The van der Waals surface area contributed by atoms with E-state index in [1.807, 2.05) is 30.3 Å². The number of nitrogens with one attached hydrogen (secondary N) is 1. The van der Waals surface area contributed by atoms with E-state index in [-0.39, 0.29) is 29.5 Å². The zero-order valence-corrected chi connectivity index (χ0v) is 27.2. The van der Waals surface area contributed by atoms with Crippen LogP contribution in [-0.4, -0.2) is 44.3 Å². The van der Waals surface area contributed by atoms with Gasteiger partial charge in [0.1, 0.15) is 12.6 Å². The predicted molar refractivity (Wildman–Crippen MR) is 175 cm³/mol. The van der Waals surface area contributed by atoms with Crippen molar-refractivity contribution in [1.29, 1.82) is 0 Å². The van der Waals surface area contributed by atoms with Crippen molar-refractivity contribution in [3.8, 4) is 0 Å². The number of rotatable bonds is 12. The van der Waals surface area contributed by atoms with Crippen LogP contribution in [0.2, 0.25) is 10.0 Å². The Morgan fingerprint density at radius 2 is 1.47 bits per heavy atom. The quantitative estimate of drug-likeness (QED) is 0.178. The Balaban J connectivity index is 1.82. The molecule has 4 aromatic rings. The Morgan fingerprint density at radius 3 is 2.07 bits per heavy atom. The smallest absolute Gasteiger partial charge is 0.264 e. The molecule has 1 atom stereocenters. The molecule has 0 bridgehead atoms. The van der Waals surface area contributed by atoms with E-state index in [0.717, 1.165) is 9.87 Å². The normalized spacial score (nSPS) is 11.9. The van der Waals surface area contributed by atoms with Gasteiger partial charge < -0.3 is 10.2 Å². The fourth-order valence-electron chi connectivity index (χ4n) is 4.58. The lowest BCUT2D eigenvalue weighted by Gasteiger charge is -2.34. The largest absolute Gasteiger partial charge is 0.355 e. The van der Waals surface area contributed by atoms with Crippen molar-refractivity contribution in [1.82, 2.24) is 10.2 Å². The second-order valence-corrected chi connectivity index (χ2v) is 13.2. The second kappa shape index (κ2) is 14.9. The number of sulfonamides is 1. The maximum atomic E-state index is 14.4. The number of halogens is 3. The molecule has 7 nitrogen and oxygen atoms in total. The van der Waals surface area contributed by atoms with E-state index in [1.165, 1.54) is 17.0 Å². The summed E-state index contributed by atoms with van der Waals surface area (Å²) in [6, 6.07) is 27.8. The molecular formula is C32H30BrCl2N3O4S. The fraction of sp³-hybridized carbons (Fsp3) is 0.188. The highest BCUT2D eigenvalue weighted by atomic mass is 79.9. The van der Waals surface area contributed by atoms with Crippen LogP contribution in [0.1, 0.15) is 18.1 Å². The van der Waals surface area contributed by atoms with E-state index < -0.39 is 28.5 Å². The molecule has 0 radical (unpaired) electrons. The number of nitrogens with zero attached hydrogens (tertiary/aromatic N) is 2. The molecular weight excluding hydrogens is 673 g/mol. The van der Waals surface area contributed by atoms with Crippen molar-refractivity contribution < 1.29 is 18.0 Å². The monoisotopic (exact) mass is 701 g/mol. The molecule has 0 saturated heterocycles. The average molecular weight is 703 g/mol. The minimum atomic E-state index is -4.19. The van der Waals surface area contributed by atoms with Gasteiger partial charge in [-0.25, -0.2) is 8.42 Å². The fourth-order valence-corrected chi connectivity index (χ4v) is 6.91. The van der Waals surface area contributed by atoms with Crippen LogP contribution in [0, 0.1) is 0 Å². The third-order valence-electron chi connectivity index (χ3n) is 6.72. The summed E-state index contributed by atoms with van der Waals surface area (Å²) in [6.45, 7) is 1.42. The van der Waals surface area contributed by atoms with Crippen LogP contribution in [0.15, 0.2) is 112 Å². The Kier molecular flexibility index (Phi) is 11.3. The molecule has 0 aliphatic rings. The van der Waals surface area contributed by atoms with Crippen LogP contribution < -0.4 is 9.62 Å². The summed E-state index contributed by atoms with van der Waals surface area (Å²) >= 11 is 16.4. The van der Waals surface area contributed by atoms with Gasteiger partial charge in [-0.2, -0.15) is 0 Å². The lowest BCUT2D eigenvalue weighted by atomic mass is 10.0. The molecule has 0 aromatic heterocycles. The zero-order chi connectivity index (χ0) is 31.0. The van der Waals surface area contributed by atoms with Crippen molar-refractivity contribution >= 4 is 66.7 Å². The van der Waals surface area contributed by atoms with E-state index in [0.29, 0.717) is 26.6 Å². The van der Waals surface area contributed by atoms with Gasteiger partial charge in [-0.3, -0.25) is 13.9 Å².